The zero-order valence-electron chi connectivity index (χ0n) is 11.1. The lowest BCUT2D eigenvalue weighted by molar-refractivity contribution is 0.358. The lowest BCUT2D eigenvalue weighted by Crippen LogP contribution is -2.20. The van der Waals surface area contributed by atoms with E-state index in [1.54, 1.807) is 0 Å². The van der Waals surface area contributed by atoms with Crippen molar-refractivity contribution in [3.63, 3.8) is 0 Å². The predicted octanol–water partition coefficient (Wildman–Crippen LogP) is 3.63. The van der Waals surface area contributed by atoms with E-state index < -0.39 is 0 Å². The third-order valence-corrected chi connectivity index (χ3v) is 4.36. The van der Waals surface area contributed by atoms with Crippen molar-refractivity contribution in [2.24, 2.45) is 0 Å². The molecule has 1 aliphatic rings. The first-order valence-corrected chi connectivity index (χ1v) is 6.88. The fourth-order valence-electron chi connectivity index (χ4n) is 2.78. The smallest absolute Gasteiger partial charge is 0.0511 e. The molecule has 2 heteroatoms. The molecule has 0 N–H and O–H groups in total. The Morgan fingerprint density at radius 1 is 1.22 bits per heavy atom. The number of nitrogens with zero attached hydrogens (tertiary/aromatic N) is 1. The van der Waals surface area contributed by atoms with Crippen molar-refractivity contribution in [1.29, 1.82) is 0 Å². The molecule has 1 heterocycles. The van der Waals surface area contributed by atoms with E-state index in [1.807, 2.05) is 0 Å². The fraction of sp³-hybridized carbons (Fsp3) is 0.250. The molecule has 0 bridgehead atoms. The van der Waals surface area contributed by atoms with Crippen LogP contribution in [-0.4, -0.2) is 11.9 Å². The van der Waals surface area contributed by atoms with Crippen molar-refractivity contribution in [1.82, 2.24) is 4.90 Å². The van der Waals surface area contributed by atoms with Crippen LogP contribution >= 0.6 is 9.24 Å². The summed E-state index contributed by atoms with van der Waals surface area (Å²) in [6, 6.07) is 9.47. The average Bonchev–Trinajstić information content (AvgIpc) is 2.32. The maximum atomic E-state index is 2.88. The van der Waals surface area contributed by atoms with Crippen LogP contribution in [0.4, 0.5) is 0 Å². The molecule has 2 atom stereocenters. The zero-order valence-corrected chi connectivity index (χ0v) is 12.2. The SMILES string of the molecule is Cc1cc(P)c2c3c(ccc2c1)C(C)N(C)C=C3. The van der Waals surface area contributed by atoms with Crippen molar-refractivity contribution >= 4 is 31.4 Å². The number of aryl methyl sites for hydroxylation is 1. The van der Waals surface area contributed by atoms with Crippen LogP contribution in [0.1, 0.15) is 29.7 Å². The molecule has 1 nitrogen and oxygen atoms in total. The van der Waals surface area contributed by atoms with Gasteiger partial charge in [0.25, 0.3) is 0 Å². The highest BCUT2D eigenvalue weighted by Crippen LogP contribution is 2.33. The summed E-state index contributed by atoms with van der Waals surface area (Å²) in [7, 11) is 5.01. The van der Waals surface area contributed by atoms with E-state index in [9.17, 15) is 0 Å². The molecule has 1 aliphatic heterocycles. The minimum Gasteiger partial charge on any atom is -0.374 e. The molecular formula is C16H18NP. The zero-order chi connectivity index (χ0) is 12.9. The standard InChI is InChI=1S/C16H18NP/c1-10-8-12-4-5-13-11(2)17(3)7-6-14(13)16(12)15(18)9-10/h4-9,11H,18H2,1-3H3. The van der Waals surface area contributed by atoms with E-state index in [1.165, 1.54) is 32.8 Å². The summed E-state index contributed by atoms with van der Waals surface area (Å²) in [4.78, 5) is 2.25. The average molecular weight is 255 g/mol. The summed E-state index contributed by atoms with van der Waals surface area (Å²) in [6.07, 6.45) is 4.41. The van der Waals surface area contributed by atoms with Gasteiger partial charge in [0.15, 0.2) is 0 Å². The van der Waals surface area contributed by atoms with E-state index in [-0.39, 0.29) is 0 Å². The van der Waals surface area contributed by atoms with Crippen LogP contribution in [0.25, 0.3) is 16.8 Å². The van der Waals surface area contributed by atoms with Crippen LogP contribution in [0.15, 0.2) is 30.5 Å². The normalized spacial score (nSPS) is 18.2. The van der Waals surface area contributed by atoms with Crippen molar-refractivity contribution in [2.75, 3.05) is 7.05 Å². The van der Waals surface area contributed by atoms with Gasteiger partial charge >= 0.3 is 0 Å². The molecule has 0 amide bonds. The molecule has 0 aliphatic carbocycles. The van der Waals surface area contributed by atoms with Crippen LogP contribution in [0.5, 0.6) is 0 Å². The van der Waals surface area contributed by atoms with E-state index in [4.69, 9.17) is 0 Å². The van der Waals surface area contributed by atoms with Crippen molar-refractivity contribution in [2.45, 2.75) is 19.9 Å². The van der Waals surface area contributed by atoms with Gasteiger partial charge in [-0.2, -0.15) is 0 Å². The van der Waals surface area contributed by atoms with Gasteiger partial charge in [0.05, 0.1) is 6.04 Å². The molecule has 0 aromatic heterocycles. The summed E-state index contributed by atoms with van der Waals surface area (Å²) in [5.74, 6) is 0. The minimum absolute atomic E-state index is 0.445. The Hall–Kier alpha value is -1.33. The number of hydrogen-bond donors (Lipinski definition) is 0. The maximum Gasteiger partial charge on any atom is 0.0511 e. The Bertz CT molecular complexity index is 658. The second-order valence-corrected chi connectivity index (χ2v) is 5.80. The van der Waals surface area contributed by atoms with Crippen LogP contribution in [0.3, 0.4) is 0 Å². The highest BCUT2D eigenvalue weighted by molar-refractivity contribution is 7.28. The molecule has 2 unspecified atom stereocenters. The molecule has 18 heavy (non-hydrogen) atoms. The quantitative estimate of drug-likeness (QED) is 0.650. The monoisotopic (exact) mass is 255 g/mol. The Morgan fingerprint density at radius 2 is 2.00 bits per heavy atom. The van der Waals surface area contributed by atoms with Gasteiger partial charge in [-0.1, -0.05) is 24.3 Å². The summed E-state index contributed by atoms with van der Waals surface area (Å²) >= 11 is 0. The van der Waals surface area contributed by atoms with Gasteiger partial charge in [0.1, 0.15) is 0 Å². The second-order valence-electron chi connectivity index (χ2n) is 5.18. The van der Waals surface area contributed by atoms with Crippen LogP contribution in [0.2, 0.25) is 0 Å². The van der Waals surface area contributed by atoms with Gasteiger partial charge in [-0.05, 0) is 58.9 Å². The Kier molecular flexibility index (Phi) is 2.68. The lowest BCUT2D eigenvalue weighted by Gasteiger charge is -2.30. The molecule has 0 spiro atoms. The topological polar surface area (TPSA) is 3.24 Å². The summed E-state index contributed by atoms with van der Waals surface area (Å²) in [5, 5.41) is 4.00. The predicted molar refractivity (Wildman–Crippen MR) is 83.2 cm³/mol. The van der Waals surface area contributed by atoms with Crippen molar-refractivity contribution in [3.05, 3.63) is 47.2 Å². The van der Waals surface area contributed by atoms with E-state index >= 15 is 0 Å². The molecule has 0 fully saturated rings. The van der Waals surface area contributed by atoms with Gasteiger partial charge in [0, 0.05) is 7.05 Å². The first kappa shape index (κ1) is 11.7. The molecule has 0 saturated heterocycles. The summed E-state index contributed by atoms with van der Waals surface area (Å²) < 4.78 is 0. The Labute approximate surface area is 111 Å². The number of benzene rings is 2. The highest BCUT2D eigenvalue weighted by atomic mass is 31.0. The molecule has 0 saturated carbocycles. The van der Waals surface area contributed by atoms with E-state index in [2.05, 4.69) is 71.6 Å². The van der Waals surface area contributed by atoms with Crippen LogP contribution < -0.4 is 5.30 Å². The number of hydrogen-bond acceptors (Lipinski definition) is 1. The second kappa shape index (κ2) is 4.10. The molecule has 2 aromatic carbocycles. The highest BCUT2D eigenvalue weighted by Gasteiger charge is 2.18. The molecule has 2 aromatic rings. The number of rotatable bonds is 0. The van der Waals surface area contributed by atoms with Crippen LogP contribution in [0, 0.1) is 6.92 Å². The van der Waals surface area contributed by atoms with E-state index in [0.717, 1.165) is 0 Å². The molecule has 0 radical (unpaired) electrons. The van der Waals surface area contributed by atoms with Gasteiger partial charge in [-0.25, -0.2) is 0 Å². The molecular weight excluding hydrogens is 237 g/mol. The summed E-state index contributed by atoms with van der Waals surface area (Å²) in [6.45, 7) is 4.41. The third kappa shape index (κ3) is 1.66. The van der Waals surface area contributed by atoms with Gasteiger partial charge in [-0.3, -0.25) is 0 Å². The lowest BCUT2D eigenvalue weighted by atomic mass is 9.92. The van der Waals surface area contributed by atoms with Crippen molar-refractivity contribution < 1.29 is 0 Å². The first-order chi connectivity index (χ1) is 8.58. The fourth-order valence-corrected chi connectivity index (χ4v) is 3.37. The molecule has 3 rings (SSSR count). The van der Waals surface area contributed by atoms with E-state index in [0.29, 0.717) is 6.04 Å². The third-order valence-electron chi connectivity index (χ3n) is 3.90. The Morgan fingerprint density at radius 3 is 2.78 bits per heavy atom. The Balaban J connectivity index is 2.39. The molecule has 92 valence electrons. The number of fused-ring (bicyclic) bond motifs is 3. The minimum atomic E-state index is 0.445. The van der Waals surface area contributed by atoms with Gasteiger partial charge in [0.2, 0.25) is 0 Å². The first-order valence-electron chi connectivity index (χ1n) is 6.31. The van der Waals surface area contributed by atoms with Gasteiger partial charge < -0.3 is 4.90 Å². The van der Waals surface area contributed by atoms with Crippen molar-refractivity contribution in [3.8, 4) is 0 Å². The summed E-state index contributed by atoms with van der Waals surface area (Å²) in [5.41, 5.74) is 4.11. The maximum absolute atomic E-state index is 2.88. The van der Waals surface area contributed by atoms with Crippen LogP contribution in [-0.2, 0) is 0 Å². The van der Waals surface area contributed by atoms with Gasteiger partial charge in [-0.15, -0.1) is 9.24 Å². The largest absolute Gasteiger partial charge is 0.374 e.